The number of aryl methyl sites for hydroxylation is 1. The number of hydroxylamine groups is 1. The molecule has 0 heterocycles. The summed E-state index contributed by atoms with van der Waals surface area (Å²) in [5.74, 6) is -0.698. The average molecular weight is 332 g/mol. The van der Waals surface area contributed by atoms with E-state index in [-0.39, 0.29) is 4.90 Å². The highest BCUT2D eigenvalue weighted by Gasteiger charge is 2.14. The summed E-state index contributed by atoms with van der Waals surface area (Å²) in [7, 11) is -3.73. The van der Waals surface area contributed by atoms with Gasteiger partial charge < -0.3 is 0 Å². The number of benzene rings is 2. The van der Waals surface area contributed by atoms with E-state index < -0.39 is 15.9 Å². The zero-order chi connectivity index (χ0) is 16.9. The van der Waals surface area contributed by atoms with E-state index in [1.165, 1.54) is 23.7 Å². The lowest BCUT2D eigenvalue weighted by atomic mass is 10.2. The fourth-order valence-corrected chi connectivity index (χ4v) is 3.02. The molecule has 0 saturated carbocycles. The summed E-state index contributed by atoms with van der Waals surface area (Å²) >= 11 is 0. The van der Waals surface area contributed by atoms with Gasteiger partial charge in [0.1, 0.15) is 0 Å². The van der Waals surface area contributed by atoms with Crippen LogP contribution in [0.2, 0.25) is 0 Å². The molecule has 7 heteroatoms. The minimum Gasteiger partial charge on any atom is -0.288 e. The molecule has 1 amide bonds. The van der Waals surface area contributed by atoms with Crippen LogP contribution in [0.4, 0.5) is 5.69 Å². The van der Waals surface area contributed by atoms with Crippen molar-refractivity contribution in [3.63, 3.8) is 0 Å². The summed E-state index contributed by atoms with van der Waals surface area (Å²) in [6, 6.07) is 13.1. The number of anilines is 1. The molecular weight excluding hydrogens is 316 g/mol. The van der Waals surface area contributed by atoms with Gasteiger partial charge in [-0.15, -0.1) is 0 Å². The van der Waals surface area contributed by atoms with Crippen molar-refractivity contribution >= 4 is 27.7 Å². The molecule has 120 valence electrons. The normalized spacial score (nSPS) is 11.4. The molecule has 0 spiro atoms. The van der Waals surface area contributed by atoms with Crippen LogP contribution >= 0.6 is 0 Å². The Hall–Kier alpha value is -2.64. The van der Waals surface area contributed by atoms with E-state index in [0.717, 1.165) is 11.6 Å². The molecule has 0 fully saturated rings. The third kappa shape index (κ3) is 4.67. The minimum atomic E-state index is -3.73. The number of sulfonamides is 1. The molecule has 0 aliphatic carbocycles. The van der Waals surface area contributed by atoms with Gasteiger partial charge in [-0.2, -0.15) is 0 Å². The van der Waals surface area contributed by atoms with E-state index in [9.17, 15) is 13.2 Å². The molecular formula is C16H16N2O4S. The van der Waals surface area contributed by atoms with Crippen molar-refractivity contribution in [3.8, 4) is 0 Å². The van der Waals surface area contributed by atoms with Crippen LogP contribution in [0, 0.1) is 6.92 Å². The Kier molecular flexibility index (Phi) is 5.15. The maximum Gasteiger partial charge on any atom is 0.267 e. The van der Waals surface area contributed by atoms with Gasteiger partial charge in [-0.25, -0.2) is 13.9 Å². The van der Waals surface area contributed by atoms with E-state index in [4.69, 9.17) is 5.21 Å². The van der Waals surface area contributed by atoms with E-state index in [1.807, 2.05) is 13.0 Å². The van der Waals surface area contributed by atoms with Gasteiger partial charge in [0.05, 0.1) is 4.90 Å². The third-order valence-corrected chi connectivity index (χ3v) is 4.36. The summed E-state index contributed by atoms with van der Waals surface area (Å²) < 4.78 is 27.3. The molecule has 0 saturated heterocycles. The maximum atomic E-state index is 12.4. The van der Waals surface area contributed by atoms with Crippen molar-refractivity contribution < 1.29 is 18.4 Å². The quantitative estimate of drug-likeness (QED) is 0.445. The fourth-order valence-electron chi connectivity index (χ4n) is 1.92. The molecule has 0 aliphatic heterocycles. The van der Waals surface area contributed by atoms with Crippen LogP contribution in [0.3, 0.4) is 0 Å². The Bertz CT molecular complexity index is 845. The molecule has 2 aromatic carbocycles. The van der Waals surface area contributed by atoms with E-state index in [0.29, 0.717) is 11.3 Å². The molecule has 6 nitrogen and oxygen atoms in total. The predicted octanol–water partition coefficient (Wildman–Crippen LogP) is 2.31. The Balaban J connectivity index is 2.26. The van der Waals surface area contributed by atoms with Gasteiger partial charge in [-0.1, -0.05) is 24.3 Å². The third-order valence-electron chi connectivity index (χ3n) is 2.98. The molecule has 3 N–H and O–H groups in total. The monoisotopic (exact) mass is 332 g/mol. The average Bonchev–Trinajstić information content (AvgIpc) is 2.52. The van der Waals surface area contributed by atoms with E-state index >= 15 is 0 Å². The first-order valence-electron chi connectivity index (χ1n) is 6.72. The first kappa shape index (κ1) is 16.7. The molecule has 23 heavy (non-hydrogen) atoms. The minimum absolute atomic E-state index is 0.0746. The van der Waals surface area contributed by atoms with Crippen molar-refractivity contribution in [2.24, 2.45) is 0 Å². The molecule has 0 atom stereocenters. The summed E-state index contributed by atoms with van der Waals surface area (Å²) in [5.41, 5.74) is 3.40. The van der Waals surface area contributed by atoms with Crippen LogP contribution < -0.4 is 10.2 Å². The topological polar surface area (TPSA) is 95.5 Å². The Labute approximate surface area is 134 Å². The summed E-state index contributed by atoms with van der Waals surface area (Å²) in [6.45, 7) is 1.87. The van der Waals surface area contributed by atoms with Gasteiger partial charge in [0.15, 0.2) is 0 Å². The van der Waals surface area contributed by atoms with Crippen LogP contribution in [0.15, 0.2) is 59.5 Å². The number of rotatable bonds is 5. The smallest absolute Gasteiger partial charge is 0.267 e. The van der Waals surface area contributed by atoms with Crippen LogP contribution in [0.25, 0.3) is 6.08 Å². The zero-order valence-corrected chi connectivity index (χ0v) is 13.2. The van der Waals surface area contributed by atoms with Crippen LogP contribution in [-0.2, 0) is 14.8 Å². The van der Waals surface area contributed by atoms with Crippen LogP contribution in [-0.4, -0.2) is 19.5 Å². The number of nitrogens with one attached hydrogen (secondary N) is 2. The maximum absolute atomic E-state index is 12.4. The predicted molar refractivity (Wildman–Crippen MR) is 87.4 cm³/mol. The van der Waals surface area contributed by atoms with Crippen molar-refractivity contribution in [2.75, 3.05) is 4.72 Å². The molecule has 0 unspecified atom stereocenters. The molecule has 0 bridgehead atoms. The van der Waals surface area contributed by atoms with Gasteiger partial charge in [0.25, 0.3) is 15.9 Å². The highest BCUT2D eigenvalue weighted by atomic mass is 32.2. The lowest BCUT2D eigenvalue weighted by molar-refractivity contribution is -0.124. The van der Waals surface area contributed by atoms with E-state index in [1.54, 1.807) is 30.3 Å². The SMILES string of the molecule is Cc1cccc(NS(=O)(=O)c2cccc(/C=C/C(=O)NO)c2)c1. The van der Waals surface area contributed by atoms with Crippen LogP contribution in [0.5, 0.6) is 0 Å². The summed E-state index contributed by atoms with van der Waals surface area (Å²) in [6.07, 6.45) is 2.50. The summed E-state index contributed by atoms with van der Waals surface area (Å²) in [5, 5.41) is 8.43. The summed E-state index contributed by atoms with van der Waals surface area (Å²) in [4.78, 5) is 11.0. The molecule has 0 radical (unpaired) electrons. The van der Waals surface area contributed by atoms with Crippen molar-refractivity contribution in [1.82, 2.24) is 5.48 Å². The second-order valence-corrected chi connectivity index (χ2v) is 6.54. The van der Waals surface area contributed by atoms with Gasteiger partial charge in [-0.05, 0) is 48.4 Å². The van der Waals surface area contributed by atoms with Gasteiger partial charge in [-0.3, -0.25) is 14.7 Å². The largest absolute Gasteiger partial charge is 0.288 e. The standard InChI is InChI=1S/C16H16N2O4S/c1-12-4-2-6-14(10-12)18-23(21,22)15-7-3-5-13(11-15)8-9-16(19)17-20/h2-11,18,20H,1H3,(H,17,19)/b9-8+. The van der Waals surface area contributed by atoms with Gasteiger partial charge >= 0.3 is 0 Å². The number of amides is 1. The zero-order valence-electron chi connectivity index (χ0n) is 12.4. The Morgan fingerprint density at radius 3 is 2.57 bits per heavy atom. The number of carbonyl (C=O) groups is 1. The van der Waals surface area contributed by atoms with Crippen molar-refractivity contribution in [3.05, 3.63) is 65.7 Å². The fraction of sp³-hybridized carbons (Fsp3) is 0.0625. The Morgan fingerprint density at radius 2 is 1.87 bits per heavy atom. The van der Waals surface area contributed by atoms with Gasteiger partial charge in [0, 0.05) is 11.8 Å². The van der Waals surface area contributed by atoms with Crippen molar-refractivity contribution in [1.29, 1.82) is 0 Å². The molecule has 0 aliphatic rings. The number of carbonyl (C=O) groups excluding carboxylic acids is 1. The van der Waals surface area contributed by atoms with Crippen molar-refractivity contribution in [2.45, 2.75) is 11.8 Å². The second-order valence-electron chi connectivity index (χ2n) is 4.86. The second kappa shape index (κ2) is 7.08. The number of hydrogen-bond acceptors (Lipinski definition) is 4. The molecule has 0 aromatic heterocycles. The Morgan fingerprint density at radius 1 is 1.13 bits per heavy atom. The first-order valence-corrected chi connectivity index (χ1v) is 8.21. The first-order chi connectivity index (χ1) is 10.9. The lowest BCUT2D eigenvalue weighted by Crippen LogP contribution is -2.15. The van der Waals surface area contributed by atoms with E-state index in [2.05, 4.69) is 4.72 Å². The lowest BCUT2D eigenvalue weighted by Gasteiger charge is -2.09. The highest BCUT2D eigenvalue weighted by molar-refractivity contribution is 7.92. The highest BCUT2D eigenvalue weighted by Crippen LogP contribution is 2.18. The van der Waals surface area contributed by atoms with Crippen LogP contribution in [0.1, 0.15) is 11.1 Å². The number of hydrogen-bond donors (Lipinski definition) is 3. The molecule has 2 rings (SSSR count). The van der Waals surface area contributed by atoms with Gasteiger partial charge in [0.2, 0.25) is 0 Å². The molecule has 2 aromatic rings.